The van der Waals surface area contributed by atoms with Crippen LogP contribution in [0.1, 0.15) is 54.4 Å². The lowest BCUT2D eigenvalue weighted by Crippen LogP contribution is -2.10. The van der Waals surface area contributed by atoms with E-state index in [-0.39, 0.29) is 11.8 Å². The summed E-state index contributed by atoms with van der Waals surface area (Å²) >= 11 is 0. The van der Waals surface area contributed by atoms with Crippen LogP contribution in [0.25, 0.3) is 0 Å². The van der Waals surface area contributed by atoms with Gasteiger partial charge in [-0.2, -0.15) is 0 Å². The molecule has 3 nitrogen and oxygen atoms in total. The maximum atomic E-state index is 11.2. The van der Waals surface area contributed by atoms with Crippen LogP contribution < -0.4 is 0 Å². The molecule has 0 bridgehead atoms. The van der Waals surface area contributed by atoms with E-state index in [2.05, 4.69) is 13.8 Å². The Kier molecular flexibility index (Phi) is 11.0. The van der Waals surface area contributed by atoms with Gasteiger partial charge in [0.05, 0.1) is 0 Å². The highest BCUT2D eigenvalue weighted by atomic mass is 31.1. The van der Waals surface area contributed by atoms with Crippen molar-refractivity contribution >= 4 is 18.8 Å². The van der Waals surface area contributed by atoms with Gasteiger partial charge in [-0.25, -0.2) is 0 Å². The summed E-state index contributed by atoms with van der Waals surface area (Å²) in [5.41, 5.74) is -0.808. The van der Waals surface area contributed by atoms with Crippen LogP contribution in [0.15, 0.2) is 0 Å². The van der Waals surface area contributed by atoms with Gasteiger partial charge in [0.25, 0.3) is 0 Å². The Labute approximate surface area is 99.8 Å². The molecule has 0 saturated heterocycles. The van der Waals surface area contributed by atoms with E-state index in [1.807, 2.05) is 0 Å². The Morgan fingerprint density at radius 3 is 1.25 bits per heavy atom. The van der Waals surface area contributed by atoms with E-state index in [0.717, 1.165) is 0 Å². The second-order valence-electron chi connectivity index (χ2n) is 4.37. The van der Waals surface area contributed by atoms with Crippen molar-refractivity contribution < 1.29 is 14.2 Å². The van der Waals surface area contributed by atoms with Gasteiger partial charge >= 0.3 is 0 Å². The van der Waals surface area contributed by atoms with Gasteiger partial charge < -0.3 is 4.57 Å². The average molecular weight is 248 g/mol. The Morgan fingerprint density at radius 1 is 0.875 bits per heavy atom. The summed E-state index contributed by atoms with van der Waals surface area (Å²) in [6, 6.07) is 0. The van der Waals surface area contributed by atoms with E-state index >= 15 is 0 Å². The molecule has 0 aliphatic carbocycles. The summed E-state index contributed by atoms with van der Waals surface area (Å²) in [5.74, 6) is -0.613. The number of hydrogen-bond acceptors (Lipinski definition) is 3. The Hall–Kier alpha value is -0.430. The lowest BCUT2D eigenvalue weighted by molar-refractivity contribution is -0.117. The van der Waals surface area contributed by atoms with Gasteiger partial charge in [-0.3, -0.25) is 9.59 Å². The third kappa shape index (κ3) is 7.81. The molecular weight excluding hydrogens is 223 g/mol. The minimum atomic E-state index is -2.67. The van der Waals surface area contributed by atoms with Crippen molar-refractivity contribution in [3.8, 4) is 0 Å². The van der Waals surface area contributed by atoms with Crippen molar-refractivity contribution in [3.63, 3.8) is 0 Å². The maximum absolute atomic E-state index is 11.2. The Balaban J connectivity index is 0. The molecule has 0 rings (SSSR count). The van der Waals surface area contributed by atoms with Gasteiger partial charge in [-0.05, 0) is 0 Å². The predicted octanol–water partition coefficient (Wildman–Crippen LogP) is 3.72. The summed E-state index contributed by atoms with van der Waals surface area (Å²) < 4.78 is 11.2. The first-order valence-electron chi connectivity index (χ1n) is 5.91. The maximum Gasteiger partial charge on any atom is 0.200 e. The first kappa shape index (κ1) is 17.9. The quantitative estimate of drug-likeness (QED) is 0.697. The third-order valence-electron chi connectivity index (χ3n) is 2.00. The fourth-order valence-electron chi connectivity index (χ4n) is 0.646. The molecule has 0 fully saturated rings. The van der Waals surface area contributed by atoms with Crippen LogP contribution in [0.5, 0.6) is 0 Å². The molecule has 0 atom stereocenters. The zero-order valence-electron chi connectivity index (χ0n) is 11.3. The molecule has 96 valence electrons. The number of rotatable bonds is 5. The second-order valence-corrected chi connectivity index (χ2v) is 6.01. The largest absolute Gasteiger partial charge is 0.311 e. The summed E-state index contributed by atoms with van der Waals surface area (Å²) in [6.07, 6.45) is 2.64. The molecular formula is C12H25O3P. The summed E-state index contributed by atoms with van der Waals surface area (Å²) in [6.45, 7) is 11.0. The Bertz CT molecular complexity index is 221. The minimum absolute atomic E-state index is 0.306. The average Bonchev–Trinajstić information content (AvgIpc) is 2.25. The molecule has 0 aromatic heterocycles. The van der Waals surface area contributed by atoms with E-state index in [0.29, 0.717) is 0 Å². The standard InChI is InChI=1S/C8H15O3P.C4H10/c1-5(2)7(9)12(11)8(10)6(3)4;1-3-4-2/h5-6,12H,1-4H3;3-4H2,1-2H3. The first-order valence-corrected chi connectivity index (χ1v) is 7.32. The van der Waals surface area contributed by atoms with Crippen molar-refractivity contribution in [1.29, 1.82) is 0 Å². The van der Waals surface area contributed by atoms with E-state index < -0.39 is 18.8 Å². The summed E-state index contributed by atoms with van der Waals surface area (Å²) in [5, 5.41) is 0. The molecule has 0 radical (unpaired) electrons. The van der Waals surface area contributed by atoms with Crippen LogP contribution in [0.2, 0.25) is 0 Å². The van der Waals surface area contributed by atoms with Crippen LogP contribution in [0.4, 0.5) is 0 Å². The number of carbonyl (C=O) groups excluding carboxylic acids is 2. The van der Waals surface area contributed by atoms with E-state index in [1.54, 1.807) is 27.7 Å². The van der Waals surface area contributed by atoms with E-state index in [1.165, 1.54) is 12.8 Å². The fraction of sp³-hybridized carbons (Fsp3) is 0.833. The van der Waals surface area contributed by atoms with Crippen LogP contribution in [0, 0.1) is 11.8 Å². The minimum Gasteiger partial charge on any atom is -0.311 e. The monoisotopic (exact) mass is 248 g/mol. The zero-order valence-corrected chi connectivity index (χ0v) is 12.3. The van der Waals surface area contributed by atoms with Gasteiger partial charge in [0.1, 0.15) is 0 Å². The highest BCUT2D eigenvalue weighted by Crippen LogP contribution is 2.30. The van der Waals surface area contributed by atoms with Gasteiger partial charge in [0.2, 0.25) is 7.80 Å². The molecule has 16 heavy (non-hydrogen) atoms. The fourth-order valence-corrected chi connectivity index (χ4v) is 1.94. The molecule has 0 aromatic carbocycles. The molecule has 0 unspecified atom stereocenters. The van der Waals surface area contributed by atoms with Crippen molar-refractivity contribution in [2.75, 3.05) is 0 Å². The number of carbonyl (C=O) groups is 2. The lowest BCUT2D eigenvalue weighted by atomic mass is 10.2. The van der Waals surface area contributed by atoms with Crippen molar-refractivity contribution in [2.45, 2.75) is 54.4 Å². The van der Waals surface area contributed by atoms with Gasteiger partial charge in [0, 0.05) is 11.8 Å². The molecule has 0 heterocycles. The molecule has 0 aliphatic heterocycles. The molecule has 0 spiro atoms. The molecule has 0 saturated carbocycles. The summed E-state index contributed by atoms with van der Waals surface area (Å²) in [7, 11) is -2.67. The van der Waals surface area contributed by atoms with Crippen LogP contribution in [0.3, 0.4) is 0 Å². The van der Waals surface area contributed by atoms with Gasteiger partial charge in [-0.15, -0.1) is 0 Å². The van der Waals surface area contributed by atoms with Crippen LogP contribution >= 0.6 is 7.80 Å². The third-order valence-corrected chi connectivity index (χ3v) is 4.05. The predicted molar refractivity (Wildman–Crippen MR) is 69.3 cm³/mol. The number of hydrogen-bond donors (Lipinski definition) is 0. The number of unbranched alkanes of at least 4 members (excludes halogenated alkanes) is 1. The SMILES string of the molecule is CC(C)C(=O)[PH](=O)C(=O)C(C)C.CCCC. The molecule has 0 N–H and O–H groups in total. The lowest BCUT2D eigenvalue weighted by Gasteiger charge is -2.05. The Morgan fingerprint density at radius 2 is 1.12 bits per heavy atom. The second kappa shape index (κ2) is 9.77. The van der Waals surface area contributed by atoms with E-state index in [9.17, 15) is 14.2 Å². The molecule has 0 aliphatic rings. The van der Waals surface area contributed by atoms with E-state index in [4.69, 9.17) is 0 Å². The van der Waals surface area contributed by atoms with Crippen molar-refractivity contribution in [2.24, 2.45) is 11.8 Å². The van der Waals surface area contributed by atoms with Gasteiger partial charge in [0.15, 0.2) is 11.0 Å². The smallest absolute Gasteiger partial charge is 0.200 e. The normalized spacial score (nSPS) is 10.3. The zero-order chi connectivity index (χ0) is 13.3. The highest BCUT2D eigenvalue weighted by Gasteiger charge is 2.24. The highest BCUT2D eigenvalue weighted by molar-refractivity contribution is 7.79. The van der Waals surface area contributed by atoms with Crippen LogP contribution in [-0.4, -0.2) is 11.0 Å². The molecule has 4 heteroatoms. The summed E-state index contributed by atoms with van der Waals surface area (Å²) in [4.78, 5) is 22.2. The molecule has 0 amide bonds. The van der Waals surface area contributed by atoms with Crippen LogP contribution in [-0.2, 0) is 14.2 Å². The first-order chi connectivity index (χ1) is 7.29. The topological polar surface area (TPSA) is 51.2 Å². The van der Waals surface area contributed by atoms with Gasteiger partial charge in [-0.1, -0.05) is 54.4 Å². The molecule has 0 aromatic rings. The van der Waals surface area contributed by atoms with Crippen molar-refractivity contribution in [1.82, 2.24) is 0 Å². The van der Waals surface area contributed by atoms with Crippen molar-refractivity contribution in [3.05, 3.63) is 0 Å².